The van der Waals surface area contributed by atoms with Gasteiger partial charge in [0.2, 0.25) is 0 Å². The van der Waals surface area contributed by atoms with Gasteiger partial charge in [-0.05, 0) is 26.0 Å². The van der Waals surface area contributed by atoms with Gasteiger partial charge in [0.1, 0.15) is 12.6 Å². The Bertz CT molecular complexity index is 421. The number of alkyl halides is 3. The van der Waals surface area contributed by atoms with Crippen molar-refractivity contribution in [2.75, 3.05) is 11.4 Å². The van der Waals surface area contributed by atoms with Crippen molar-refractivity contribution in [3.8, 4) is 6.07 Å². The molecule has 1 rings (SSSR count). The van der Waals surface area contributed by atoms with Crippen LogP contribution >= 0.6 is 0 Å². The van der Waals surface area contributed by atoms with Gasteiger partial charge in [-0.2, -0.15) is 18.4 Å². The number of nitriles is 1. The van der Waals surface area contributed by atoms with E-state index in [-0.39, 0.29) is 17.4 Å². The molecule has 1 aromatic heterocycles. The molecule has 0 saturated carbocycles. The van der Waals surface area contributed by atoms with Crippen LogP contribution in [0.3, 0.4) is 0 Å². The molecule has 6 heteroatoms. The zero-order valence-corrected chi connectivity index (χ0v) is 9.49. The summed E-state index contributed by atoms with van der Waals surface area (Å²) >= 11 is 0. The highest BCUT2D eigenvalue weighted by atomic mass is 19.4. The predicted octanol–water partition coefficient (Wildman–Crippen LogP) is 2.73. The van der Waals surface area contributed by atoms with Crippen LogP contribution in [0, 0.1) is 11.3 Å². The normalized spacial score (nSPS) is 11.4. The molecule has 0 spiro atoms. The zero-order valence-electron chi connectivity index (χ0n) is 9.49. The Labute approximate surface area is 97.5 Å². The highest BCUT2D eigenvalue weighted by Gasteiger charge is 2.32. The van der Waals surface area contributed by atoms with Crippen molar-refractivity contribution in [2.45, 2.75) is 26.1 Å². The summed E-state index contributed by atoms with van der Waals surface area (Å²) in [5.74, 6) is 0. The average Bonchev–Trinajstić information content (AvgIpc) is 2.24. The third-order valence-electron chi connectivity index (χ3n) is 2.17. The van der Waals surface area contributed by atoms with Crippen molar-refractivity contribution in [2.24, 2.45) is 0 Å². The van der Waals surface area contributed by atoms with E-state index in [1.165, 1.54) is 18.3 Å². The van der Waals surface area contributed by atoms with Crippen molar-refractivity contribution >= 4 is 5.69 Å². The predicted molar refractivity (Wildman–Crippen MR) is 57.5 cm³/mol. The van der Waals surface area contributed by atoms with E-state index in [1.807, 2.05) is 0 Å². The van der Waals surface area contributed by atoms with Gasteiger partial charge in [-0.25, -0.2) is 4.98 Å². The molecule has 0 radical (unpaired) electrons. The molecule has 0 N–H and O–H groups in total. The van der Waals surface area contributed by atoms with Gasteiger partial charge in [-0.3, -0.25) is 0 Å². The molecular weight excluding hydrogens is 231 g/mol. The molecular formula is C11H12F3N3. The van der Waals surface area contributed by atoms with Crippen molar-refractivity contribution in [1.29, 1.82) is 5.26 Å². The van der Waals surface area contributed by atoms with E-state index in [0.29, 0.717) is 0 Å². The van der Waals surface area contributed by atoms with E-state index in [1.54, 1.807) is 19.9 Å². The van der Waals surface area contributed by atoms with Crippen molar-refractivity contribution in [3.05, 3.63) is 24.0 Å². The molecule has 0 aromatic carbocycles. The van der Waals surface area contributed by atoms with E-state index in [4.69, 9.17) is 5.26 Å². The van der Waals surface area contributed by atoms with Gasteiger partial charge in [-0.1, -0.05) is 0 Å². The molecule has 0 unspecified atom stereocenters. The van der Waals surface area contributed by atoms with Gasteiger partial charge in [0, 0.05) is 12.2 Å². The fourth-order valence-corrected chi connectivity index (χ4v) is 1.45. The summed E-state index contributed by atoms with van der Waals surface area (Å²) in [6, 6.07) is 4.41. The molecule has 17 heavy (non-hydrogen) atoms. The number of pyridine rings is 1. The Hall–Kier alpha value is -1.77. The van der Waals surface area contributed by atoms with Gasteiger partial charge in [0.15, 0.2) is 5.69 Å². The minimum atomic E-state index is -4.31. The quantitative estimate of drug-likeness (QED) is 0.819. The van der Waals surface area contributed by atoms with Crippen molar-refractivity contribution < 1.29 is 13.2 Å². The summed E-state index contributed by atoms with van der Waals surface area (Å²) in [4.78, 5) is 4.88. The van der Waals surface area contributed by atoms with Crippen LogP contribution in [-0.2, 0) is 0 Å². The Morgan fingerprint density at radius 2 is 2.12 bits per heavy atom. The first-order valence-corrected chi connectivity index (χ1v) is 5.03. The smallest absolute Gasteiger partial charge is 0.358 e. The van der Waals surface area contributed by atoms with Gasteiger partial charge in [0.25, 0.3) is 0 Å². The number of anilines is 1. The van der Waals surface area contributed by atoms with Crippen LogP contribution in [0.2, 0.25) is 0 Å². The Balaban J connectivity index is 3.11. The molecule has 0 bridgehead atoms. The maximum atomic E-state index is 12.4. The van der Waals surface area contributed by atoms with E-state index in [0.717, 1.165) is 4.90 Å². The largest absolute Gasteiger partial charge is 0.405 e. The van der Waals surface area contributed by atoms with E-state index in [2.05, 4.69) is 4.98 Å². The first-order valence-electron chi connectivity index (χ1n) is 5.03. The highest BCUT2D eigenvalue weighted by Crippen LogP contribution is 2.25. The van der Waals surface area contributed by atoms with Crippen LogP contribution < -0.4 is 4.90 Å². The molecule has 0 aliphatic carbocycles. The second-order valence-electron chi connectivity index (χ2n) is 3.82. The van der Waals surface area contributed by atoms with Crippen LogP contribution in [0.25, 0.3) is 0 Å². The highest BCUT2D eigenvalue weighted by molar-refractivity contribution is 5.56. The van der Waals surface area contributed by atoms with E-state index >= 15 is 0 Å². The fraction of sp³-hybridized carbons (Fsp3) is 0.455. The maximum Gasteiger partial charge on any atom is 0.405 e. The van der Waals surface area contributed by atoms with Gasteiger partial charge >= 0.3 is 6.18 Å². The second kappa shape index (κ2) is 5.04. The molecule has 92 valence electrons. The Morgan fingerprint density at radius 1 is 1.47 bits per heavy atom. The average molecular weight is 243 g/mol. The molecule has 0 aliphatic heterocycles. The molecule has 3 nitrogen and oxygen atoms in total. The molecule has 1 heterocycles. The zero-order chi connectivity index (χ0) is 13.1. The molecule has 1 aromatic rings. The van der Waals surface area contributed by atoms with Gasteiger partial charge in [-0.15, -0.1) is 0 Å². The standard InChI is InChI=1S/C11H12F3N3/c1-8(2)17(7-11(12,13)14)10-4-3-5-16-9(10)6-15/h3-5,8H,7H2,1-2H3. The lowest BCUT2D eigenvalue weighted by molar-refractivity contribution is -0.120. The van der Waals surface area contributed by atoms with Gasteiger partial charge in [0.05, 0.1) is 5.69 Å². The van der Waals surface area contributed by atoms with Crippen LogP contribution in [-0.4, -0.2) is 23.7 Å². The minimum absolute atomic E-state index is 0.00505. The number of halogens is 3. The molecule has 0 atom stereocenters. The van der Waals surface area contributed by atoms with Crippen LogP contribution in [0.5, 0.6) is 0 Å². The Kier molecular flexibility index (Phi) is 3.94. The number of nitrogens with zero attached hydrogens (tertiary/aromatic N) is 3. The third kappa shape index (κ3) is 3.63. The van der Waals surface area contributed by atoms with Crippen LogP contribution in [0.4, 0.5) is 18.9 Å². The first-order chi connectivity index (χ1) is 7.85. The number of hydrogen-bond acceptors (Lipinski definition) is 3. The fourth-order valence-electron chi connectivity index (χ4n) is 1.45. The van der Waals surface area contributed by atoms with E-state index in [9.17, 15) is 13.2 Å². The SMILES string of the molecule is CC(C)N(CC(F)(F)F)c1cccnc1C#N. The molecule has 0 fully saturated rings. The summed E-state index contributed by atoms with van der Waals surface area (Å²) in [7, 11) is 0. The topological polar surface area (TPSA) is 39.9 Å². The van der Waals surface area contributed by atoms with Crippen molar-refractivity contribution in [1.82, 2.24) is 4.98 Å². The summed E-state index contributed by atoms with van der Waals surface area (Å²) in [5, 5.41) is 8.83. The summed E-state index contributed by atoms with van der Waals surface area (Å²) in [5.41, 5.74) is 0.216. The molecule has 0 amide bonds. The third-order valence-corrected chi connectivity index (χ3v) is 2.17. The lowest BCUT2D eigenvalue weighted by atomic mass is 10.2. The van der Waals surface area contributed by atoms with Gasteiger partial charge < -0.3 is 4.90 Å². The number of rotatable bonds is 3. The summed E-state index contributed by atoms with van der Waals surface area (Å²) < 4.78 is 37.3. The lowest BCUT2D eigenvalue weighted by Gasteiger charge is -2.30. The molecule has 0 saturated heterocycles. The summed E-state index contributed by atoms with van der Waals surface area (Å²) in [6.07, 6.45) is -2.93. The summed E-state index contributed by atoms with van der Waals surface area (Å²) in [6.45, 7) is 2.19. The number of hydrogen-bond donors (Lipinski definition) is 0. The van der Waals surface area contributed by atoms with Crippen molar-refractivity contribution in [3.63, 3.8) is 0 Å². The van der Waals surface area contributed by atoms with Crippen LogP contribution in [0.15, 0.2) is 18.3 Å². The minimum Gasteiger partial charge on any atom is -0.358 e. The molecule has 0 aliphatic rings. The van der Waals surface area contributed by atoms with E-state index < -0.39 is 12.7 Å². The monoisotopic (exact) mass is 243 g/mol. The maximum absolute atomic E-state index is 12.4. The second-order valence-corrected chi connectivity index (χ2v) is 3.82. The van der Waals surface area contributed by atoms with Crippen LogP contribution in [0.1, 0.15) is 19.5 Å². The number of aromatic nitrogens is 1. The first kappa shape index (κ1) is 13.3. The Morgan fingerprint density at radius 3 is 2.59 bits per heavy atom. The lowest BCUT2D eigenvalue weighted by Crippen LogP contribution is -2.39.